The van der Waals surface area contributed by atoms with Gasteiger partial charge in [-0.2, -0.15) is 0 Å². The predicted molar refractivity (Wildman–Crippen MR) is 66.5 cm³/mol. The first-order valence-electron chi connectivity index (χ1n) is 5.78. The number of nitrogens with one attached hydrogen (secondary N) is 1. The average Bonchev–Trinajstić information content (AvgIpc) is 2.10. The van der Waals surface area contributed by atoms with Crippen LogP contribution in [0.1, 0.15) is 34.6 Å². The monoisotopic (exact) mass is 230 g/mol. The maximum absolute atomic E-state index is 11.7. The van der Waals surface area contributed by atoms with Crippen molar-refractivity contribution in [3.63, 3.8) is 0 Å². The third kappa shape index (κ3) is 5.95. The van der Waals surface area contributed by atoms with Gasteiger partial charge in [0.1, 0.15) is 5.60 Å². The van der Waals surface area contributed by atoms with Gasteiger partial charge in [-0.3, -0.25) is 0 Å². The van der Waals surface area contributed by atoms with Crippen molar-refractivity contribution in [3.8, 4) is 0 Å². The molecule has 0 spiro atoms. The van der Waals surface area contributed by atoms with Crippen LogP contribution in [0.25, 0.3) is 0 Å². The topological polar surface area (TPSA) is 41.6 Å². The van der Waals surface area contributed by atoms with Crippen LogP contribution in [-0.2, 0) is 4.74 Å². The summed E-state index contributed by atoms with van der Waals surface area (Å²) in [6, 6.07) is 0.289. The van der Waals surface area contributed by atoms with Crippen LogP contribution in [0.3, 0.4) is 0 Å². The van der Waals surface area contributed by atoms with E-state index >= 15 is 0 Å². The van der Waals surface area contributed by atoms with E-state index in [1.165, 1.54) is 0 Å². The van der Waals surface area contributed by atoms with Crippen LogP contribution < -0.4 is 5.32 Å². The molecule has 0 saturated heterocycles. The summed E-state index contributed by atoms with van der Waals surface area (Å²) < 4.78 is 5.28. The third-order valence-corrected chi connectivity index (χ3v) is 2.35. The summed E-state index contributed by atoms with van der Waals surface area (Å²) in [5, 5.41) is 3.20. The smallest absolute Gasteiger partial charge is 0.410 e. The second kappa shape index (κ2) is 6.09. The minimum absolute atomic E-state index is 0.270. The molecule has 1 amide bonds. The molecular weight excluding hydrogens is 204 g/mol. The van der Waals surface area contributed by atoms with E-state index in [9.17, 15) is 4.79 Å². The van der Waals surface area contributed by atoms with E-state index < -0.39 is 5.60 Å². The van der Waals surface area contributed by atoms with E-state index in [2.05, 4.69) is 19.2 Å². The number of carbonyl (C=O) groups excluding carboxylic acids is 1. The summed E-state index contributed by atoms with van der Waals surface area (Å²) in [5.41, 5.74) is -0.432. The molecule has 0 aromatic rings. The van der Waals surface area contributed by atoms with Crippen LogP contribution in [0.4, 0.5) is 4.79 Å². The number of hydrogen-bond donors (Lipinski definition) is 1. The number of rotatable bonds is 4. The highest BCUT2D eigenvalue weighted by Crippen LogP contribution is 2.10. The number of carbonyl (C=O) groups is 1. The lowest BCUT2D eigenvalue weighted by molar-refractivity contribution is 0.0276. The lowest BCUT2D eigenvalue weighted by Gasteiger charge is -2.29. The molecule has 4 heteroatoms. The molecule has 0 saturated carbocycles. The van der Waals surface area contributed by atoms with Crippen molar-refractivity contribution in [1.29, 1.82) is 0 Å². The van der Waals surface area contributed by atoms with Gasteiger partial charge in [0.05, 0.1) is 0 Å². The molecule has 1 unspecified atom stereocenters. The maximum Gasteiger partial charge on any atom is 0.410 e. The Morgan fingerprint density at radius 3 is 2.19 bits per heavy atom. The Balaban J connectivity index is 4.24. The molecule has 0 fully saturated rings. The van der Waals surface area contributed by atoms with Crippen molar-refractivity contribution < 1.29 is 9.53 Å². The van der Waals surface area contributed by atoms with Gasteiger partial charge in [-0.15, -0.1) is 0 Å². The molecule has 96 valence electrons. The molecule has 0 aromatic heterocycles. The number of likely N-dealkylation sites (N-methyl/N-ethyl adjacent to an activating group) is 2. The average molecular weight is 230 g/mol. The molecule has 0 radical (unpaired) electrons. The van der Waals surface area contributed by atoms with Crippen LogP contribution in [0.15, 0.2) is 0 Å². The van der Waals surface area contributed by atoms with Gasteiger partial charge in [0.2, 0.25) is 0 Å². The van der Waals surface area contributed by atoms with Crippen molar-refractivity contribution in [2.24, 2.45) is 5.92 Å². The summed E-state index contributed by atoms with van der Waals surface area (Å²) in [5.74, 6) is 0.481. The summed E-state index contributed by atoms with van der Waals surface area (Å²) >= 11 is 0. The molecule has 0 aliphatic heterocycles. The first-order chi connectivity index (χ1) is 7.17. The first kappa shape index (κ1) is 15.2. The summed E-state index contributed by atoms with van der Waals surface area (Å²) in [7, 11) is 3.67. The van der Waals surface area contributed by atoms with E-state index in [4.69, 9.17) is 4.74 Å². The van der Waals surface area contributed by atoms with Gasteiger partial charge >= 0.3 is 6.09 Å². The Labute approximate surface area is 99.3 Å². The van der Waals surface area contributed by atoms with Crippen LogP contribution in [-0.4, -0.2) is 43.3 Å². The van der Waals surface area contributed by atoms with E-state index in [0.29, 0.717) is 12.5 Å². The van der Waals surface area contributed by atoms with Gasteiger partial charge in [0.15, 0.2) is 0 Å². The van der Waals surface area contributed by atoms with Crippen molar-refractivity contribution in [2.75, 3.05) is 20.6 Å². The Kier molecular flexibility index (Phi) is 5.79. The summed E-state index contributed by atoms with van der Waals surface area (Å²) in [4.78, 5) is 13.3. The fraction of sp³-hybridized carbons (Fsp3) is 0.917. The zero-order chi connectivity index (χ0) is 12.9. The largest absolute Gasteiger partial charge is 0.444 e. The molecule has 1 atom stereocenters. The Morgan fingerprint density at radius 2 is 1.88 bits per heavy atom. The molecule has 0 aliphatic carbocycles. The first-order valence-corrected chi connectivity index (χ1v) is 5.78. The van der Waals surface area contributed by atoms with Crippen molar-refractivity contribution in [2.45, 2.75) is 46.3 Å². The Hall–Kier alpha value is -0.770. The molecular formula is C12H26N2O2. The van der Waals surface area contributed by atoms with Gasteiger partial charge in [0, 0.05) is 19.6 Å². The highest BCUT2D eigenvalue weighted by atomic mass is 16.6. The van der Waals surface area contributed by atoms with Crippen molar-refractivity contribution in [3.05, 3.63) is 0 Å². The Bertz CT molecular complexity index is 222. The number of amides is 1. The molecule has 0 bridgehead atoms. The predicted octanol–water partition coefficient (Wildman–Crippen LogP) is 2.10. The molecule has 0 aliphatic rings. The van der Waals surface area contributed by atoms with Crippen LogP contribution in [0.5, 0.6) is 0 Å². The highest BCUT2D eigenvalue weighted by molar-refractivity contribution is 5.67. The van der Waals surface area contributed by atoms with Crippen molar-refractivity contribution in [1.82, 2.24) is 10.2 Å². The summed E-state index contributed by atoms with van der Waals surface area (Å²) in [6.07, 6.45) is -0.270. The van der Waals surface area contributed by atoms with E-state index in [-0.39, 0.29) is 12.1 Å². The summed E-state index contributed by atoms with van der Waals surface area (Å²) in [6.45, 7) is 10.5. The zero-order valence-electron chi connectivity index (χ0n) is 11.6. The number of ether oxygens (including phenoxy) is 1. The van der Waals surface area contributed by atoms with Gasteiger partial charge in [-0.25, -0.2) is 4.79 Å². The lowest BCUT2D eigenvalue weighted by atomic mass is 10.0. The van der Waals surface area contributed by atoms with Crippen LogP contribution in [0, 0.1) is 5.92 Å². The van der Waals surface area contributed by atoms with Gasteiger partial charge in [-0.05, 0) is 33.7 Å². The SMILES string of the molecule is CNC(CN(C)C(=O)OC(C)(C)C)C(C)C. The molecule has 0 aromatic carbocycles. The quantitative estimate of drug-likeness (QED) is 0.804. The van der Waals surface area contributed by atoms with Gasteiger partial charge in [-0.1, -0.05) is 13.8 Å². The minimum atomic E-state index is -0.432. The van der Waals surface area contributed by atoms with Crippen LogP contribution >= 0.6 is 0 Å². The minimum Gasteiger partial charge on any atom is -0.444 e. The van der Waals surface area contributed by atoms with Crippen LogP contribution in [0.2, 0.25) is 0 Å². The van der Waals surface area contributed by atoms with E-state index in [1.807, 2.05) is 27.8 Å². The molecule has 0 rings (SSSR count). The highest BCUT2D eigenvalue weighted by Gasteiger charge is 2.22. The van der Waals surface area contributed by atoms with Crippen molar-refractivity contribution >= 4 is 6.09 Å². The Morgan fingerprint density at radius 1 is 1.38 bits per heavy atom. The van der Waals surface area contributed by atoms with E-state index in [0.717, 1.165) is 0 Å². The molecule has 1 N–H and O–H groups in total. The lowest BCUT2D eigenvalue weighted by Crippen LogP contribution is -2.44. The second-order valence-electron chi connectivity index (χ2n) is 5.50. The number of nitrogens with zero attached hydrogens (tertiary/aromatic N) is 1. The number of hydrogen-bond acceptors (Lipinski definition) is 3. The van der Waals surface area contributed by atoms with Gasteiger partial charge < -0.3 is 15.0 Å². The fourth-order valence-corrected chi connectivity index (χ4v) is 1.34. The molecule has 16 heavy (non-hydrogen) atoms. The van der Waals surface area contributed by atoms with Gasteiger partial charge in [0.25, 0.3) is 0 Å². The maximum atomic E-state index is 11.7. The molecule has 0 heterocycles. The standard InChI is InChI=1S/C12H26N2O2/c1-9(2)10(13-6)8-14(7)11(15)16-12(3,4)5/h9-10,13H,8H2,1-7H3. The zero-order valence-corrected chi connectivity index (χ0v) is 11.6. The van der Waals surface area contributed by atoms with E-state index in [1.54, 1.807) is 11.9 Å². The second-order valence-corrected chi connectivity index (χ2v) is 5.50. The third-order valence-electron chi connectivity index (χ3n) is 2.35. The fourth-order valence-electron chi connectivity index (χ4n) is 1.34. The normalized spacial score (nSPS) is 13.8. The molecule has 4 nitrogen and oxygen atoms in total.